The van der Waals surface area contributed by atoms with Gasteiger partial charge in [-0.1, -0.05) is 13.8 Å². The van der Waals surface area contributed by atoms with Crippen LogP contribution in [-0.4, -0.2) is 42.6 Å². The van der Waals surface area contributed by atoms with Crippen LogP contribution in [0.1, 0.15) is 20.8 Å². The Morgan fingerprint density at radius 2 is 1.88 bits per heavy atom. The summed E-state index contributed by atoms with van der Waals surface area (Å²) in [5.74, 6) is 0. The van der Waals surface area contributed by atoms with Gasteiger partial charge < -0.3 is 15.5 Å². The molecule has 0 saturated heterocycles. The molecule has 2 N–H and O–H groups in total. The summed E-state index contributed by atoms with van der Waals surface area (Å²) in [5.41, 5.74) is 2.10. The Morgan fingerprint density at radius 3 is 2.47 bits per heavy atom. The van der Waals surface area contributed by atoms with Crippen LogP contribution < -0.4 is 10.6 Å². The summed E-state index contributed by atoms with van der Waals surface area (Å²) in [6.45, 7) is 9.83. The lowest BCUT2D eigenvalue weighted by Gasteiger charge is -2.24. The molecule has 1 unspecified atom stereocenters. The van der Waals surface area contributed by atoms with Crippen molar-refractivity contribution in [2.24, 2.45) is 0 Å². The van der Waals surface area contributed by atoms with Crippen LogP contribution in [0.2, 0.25) is 0 Å². The van der Waals surface area contributed by atoms with Gasteiger partial charge in [-0.2, -0.15) is 0 Å². The number of rotatable bonds is 7. The van der Waals surface area contributed by atoms with Crippen LogP contribution in [0, 0.1) is 0 Å². The lowest BCUT2D eigenvalue weighted by Crippen LogP contribution is -2.34. The summed E-state index contributed by atoms with van der Waals surface area (Å²) >= 11 is 0. The number of aromatic nitrogens is 1. The van der Waals surface area contributed by atoms with E-state index in [0.717, 1.165) is 31.0 Å². The van der Waals surface area contributed by atoms with E-state index in [4.69, 9.17) is 0 Å². The molecule has 0 aromatic carbocycles. The predicted molar refractivity (Wildman–Crippen MR) is 74.7 cm³/mol. The molecular weight excluding hydrogens is 212 g/mol. The maximum atomic E-state index is 4.19. The summed E-state index contributed by atoms with van der Waals surface area (Å²) < 4.78 is 0. The molecular formula is C13H24N4. The van der Waals surface area contributed by atoms with Crippen molar-refractivity contribution in [3.63, 3.8) is 0 Å². The maximum absolute atomic E-state index is 4.19. The van der Waals surface area contributed by atoms with Crippen LogP contribution in [0.5, 0.6) is 0 Å². The van der Waals surface area contributed by atoms with Crippen molar-refractivity contribution in [2.45, 2.75) is 26.8 Å². The van der Waals surface area contributed by atoms with Gasteiger partial charge in [0, 0.05) is 19.6 Å². The maximum Gasteiger partial charge on any atom is 0.0549 e. The van der Waals surface area contributed by atoms with Crippen molar-refractivity contribution in [3.05, 3.63) is 18.5 Å². The Kier molecular flexibility index (Phi) is 5.77. The van der Waals surface area contributed by atoms with Crippen LogP contribution in [-0.2, 0) is 0 Å². The number of anilines is 2. The third-order valence-electron chi connectivity index (χ3n) is 2.87. The average molecular weight is 236 g/mol. The number of nitrogens with zero attached hydrogens (tertiary/aromatic N) is 2. The largest absolute Gasteiger partial charge is 0.387 e. The van der Waals surface area contributed by atoms with E-state index in [1.54, 1.807) is 0 Å². The van der Waals surface area contributed by atoms with E-state index < -0.39 is 0 Å². The Labute approximate surface area is 104 Å². The number of hydrogen-bond donors (Lipinski definition) is 2. The molecule has 1 aromatic heterocycles. The second-order valence-electron chi connectivity index (χ2n) is 4.24. The summed E-state index contributed by atoms with van der Waals surface area (Å²) in [7, 11) is 1.90. The van der Waals surface area contributed by atoms with E-state index in [2.05, 4.69) is 47.4 Å². The monoisotopic (exact) mass is 236 g/mol. The van der Waals surface area contributed by atoms with E-state index in [1.165, 1.54) is 0 Å². The highest BCUT2D eigenvalue weighted by molar-refractivity contribution is 5.53. The summed E-state index contributed by atoms with van der Waals surface area (Å²) in [6.07, 6.45) is 3.68. The molecule has 0 spiro atoms. The van der Waals surface area contributed by atoms with Gasteiger partial charge in [0.1, 0.15) is 0 Å². The van der Waals surface area contributed by atoms with Crippen molar-refractivity contribution in [1.82, 2.24) is 9.88 Å². The molecule has 0 amide bonds. The van der Waals surface area contributed by atoms with Crippen molar-refractivity contribution in [1.29, 1.82) is 0 Å². The molecule has 1 rings (SSSR count). The van der Waals surface area contributed by atoms with Gasteiger partial charge >= 0.3 is 0 Å². The number of pyridine rings is 1. The second kappa shape index (κ2) is 7.12. The van der Waals surface area contributed by atoms with E-state index >= 15 is 0 Å². The first-order valence-electron chi connectivity index (χ1n) is 6.31. The van der Waals surface area contributed by atoms with Crippen molar-refractivity contribution >= 4 is 11.4 Å². The summed E-state index contributed by atoms with van der Waals surface area (Å²) in [4.78, 5) is 6.60. The van der Waals surface area contributed by atoms with Crippen molar-refractivity contribution < 1.29 is 0 Å². The third-order valence-corrected chi connectivity index (χ3v) is 2.87. The molecule has 0 fully saturated rings. The average Bonchev–Trinajstić information content (AvgIpc) is 2.36. The zero-order chi connectivity index (χ0) is 12.7. The van der Waals surface area contributed by atoms with Gasteiger partial charge in [0.2, 0.25) is 0 Å². The molecule has 0 saturated carbocycles. The second-order valence-corrected chi connectivity index (χ2v) is 4.24. The lowest BCUT2D eigenvalue weighted by atomic mass is 10.2. The molecule has 1 heterocycles. The van der Waals surface area contributed by atoms with Crippen LogP contribution in [0.3, 0.4) is 0 Å². The molecule has 0 radical (unpaired) electrons. The normalized spacial score (nSPS) is 12.5. The fraction of sp³-hybridized carbons (Fsp3) is 0.615. The molecule has 0 aliphatic rings. The van der Waals surface area contributed by atoms with E-state index in [1.807, 2.05) is 19.4 Å². The molecule has 1 aromatic rings. The van der Waals surface area contributed by atoms with Gasteiger partial charge in [-0.05, 0) is 26.1 Å². The fourth-order valence-electron chi connectivity index (χ4n) is 1.85. The standard InChI is InChI=1S/C13H24N4/c1-5-17(6-2)10-11(3)16-13-7-12(14-4)8-15-9-13/h7-9,11,14,16H,5-6,10H2,1-4H3. The van der Waals surface area contributed by atoms with Gasteiger partial charge in [-0.25, -0.2) is 0 Å². The number of hydrogen-bond acceptors (Lipinski definition) is 4. The Bertz CT molecular complexity index is 323. The third kappa shape index (κ3) is 4.61. The Hall–Kier alpha value is -1.29. The predicted octanol–water partition coefficient (Wildman–Crippen LogP) is 2.27. The van der Waals surface area contributed by atoms with E-state index in [9.17, 15) is 0 Å². The molecule has 0 aliphatic carbocycles. The minimum atomic E-state index is 0.420. The van der Waals surface area contributed by atoms with Gasteiger partial charge in [-0.3, -0.25) is 4.98 Å². The molecule has 96 valence electrons. The first-order chi connectivity index (χ1) is 8.19. The van der Waals surface area contributed by atoms with Gasteiger partial charge in [-0.15, -0.1) is 0 Å². The van der Waals surface area contributed by atoms with E-state index in [-0.39, 0.29) is 0 Å². The van der Waals surface area contributed by atoms with E-state index in [0.29, 0.717) is 6.04 Å². The lowest BCUT2D eigenvalue weighted by molar-refractivity contribution is 0.295. The van der Waals surface area contributed by atoms with Crippen molar-refractivity contribution in [2.75, 3.05) is 37.3 Å². The highest BCUT2D eigenvalue weighted by atomic mass is 15.1. The highest BCUT2D eigenvalue weighted by Gasteiger charge is 2.07. The number of nitrogens with one attached hydrogen (secondary N) is 2. The minimum Gasteiger partial charge on any atom is -0.387 e. The van der Waals surface area contributed by atoms with Crippen LogP contribution in [0.25, 0.3) is 0 Å². The first-order valence-corrected chi connectivity index (χ1v) is 6.31. The molecule has 17 heavy (non-hydrogen) atoms. The molecule has 4 heteroatoms. The summed E-state index contributed by atoms with van der Waals surface area (Å²) in [5, 5.41) is 6.56. The summed E-state index contributed by atoms with van der Waals surface area (Å²) in [6, 6.07) is 2.50. The zero-order valence-corrected chi connectivity index (χ0v) is 11.3. The van der Waals surface area contributed by atoms with Gasteiger partial charge in [0.25, 0.3) is 0 Å². The van der Waals surface area contributed by atoms with Crippen LogP contribution in [0.15, 0.2) is 18.5 Å². The SMILES string of the molecule is CCN(CC)CC(C)Nc1cncc(NC)c1. The highest BCUT2D eigenvalue weighted by Crippen LogP contribution is 2.13. The number of likely N-dealkylation sites (N-methyl/N-ethyl adjacent to an activating group) is 1. The smallest absolute Gasteiger partial charge is 0.0549 e. The van der Waals surface area contributed by atoms with Crippen LogP contribution in [0.4, 0.5) is 11.4 Å². The van der Waals surface area contributed by atoms with Crippen LogP contribution >= 0.6 is 0 Å². The minimum absolute atomic E-state index is 0.420. The molecule has 0 bridgehead atoms. The zero-order valence-electron chi connectivity index (χ0n) is 11.3. The first kappa shape index (κ1) is 13.8. The molecule has 1 atom stereocenters. The Morgan fingerprint density at radius 1 is 1.24 bits per heavy atom. The van der Waals surface area contributed by atoms with Crippen molar-refractivity contribution in [3.8, 4) is 0 Å². The quantitative estimate of drug-likeness (QED) is 0.762. The Balaban J connectivity index is 2.52. The fourth-order valence-corrected chi connectivity index (χ4v) is 1.85. The van der Waals surface area contributed by atoms with Gasteiger partial charge in [0.15, 0.2) is 0 Å². The van der Waals surface area contributed by atoms with Gasteiger partial charge in [0.05, 0.1) is 23.8 Å². The molecule has 4 nitrogen and oxygen atoms in total. The topological polar surface area (TPSA) is 40.2 Å². The molecule has 0 aliphatic heterocycles.